The van der Waals surface area contributed by atoms with Crippen molar-refractivity contribution in [2.75, 3.05) is 26.7 Å². The summed E-state index contributed by atoms with van der Waals surface area (Å²) in [5, 5.41) is 2.93. The van der Waals surface area contributed by atoms with Crippen molar-refractivity contribution < 1.29 is 17.9 Å². The third kappa shape index (κ3) is 5.34. The third-order valence-corrected chi connectivity index (χ3v) is 7.17. The van der Waals surface area contributed by atoms with Gasteiger partial charge in [0.2, 0.25) is 15.9 Å². The highest BCUT2D eigenvalue weighted by atomic mass is 35.5. The van der Waals surface area contributed by atoms with Gasteiger partial charge in [-0.2, -0.15) is 4.31 Å². The van der Waals surface area contributed by atoms with Crippen LogP contribution in [0.4, 0.5) is 0 Å². The first-order valence-electron chi connectivity index (χ1n) is 9.09. The van der Waals surface area contributed by atoms with Crippen LogP contribution in [-0.4, -0.2) is 51.4 Å². The Labute approximate surface area is 167 Å². The number of ether oxygens (including phenoxy) is 1. The fraction of sp³-hybridized carbons (Fsp3) is 0.611. The number of hydrogen-bond donors (Lipinski definition) is 2. The highest BCUT2D eigenvalue weighted by Crippen LogP contribution is 2.31. The largest absolute Gasteiger partial charge is 0.497 e. The molecule has 0 aromatic heterocycles. The van der Waals surface area contributed by atoms with Crippen molar-refractivity contribution in [3.63, 3.8) is 0 Å². The maximum absolute atomic E-state index is 12.7. The lowest BCUT2D eigenvalue weighted by atomic mass is 9.97. The number of halogens is 1. The summed E-state index contributed by atoms with van der Waals surface area (Å²) in [5.74, 6) is 1.00. The normalized spacial score (nSPS) is 19.8. The Balaban J connectivity index is 0.00000261. The van der Waals surface area contributed by atoms with E-state index in [0.717, 1.165) is 12.8 Å². The fourth-order valence-electron chi connectivity index (χ4n) is 3.31. The number of nitrogens with two attached hydrogens (primary N) is 1. The van der Waals surface area contributed by atoms with Crippen LogP contribution in [0.5, 0.6) is 5.75 Å². The van der Waals surface area contributed by atoms with E-state index in [2.05, 4.69) is 5.32 Å². The van der Waals surface area contributed by atoms with Gasteiger partial charge in [0.15, 0.2) is 0 Å². The summed E-state index contributed by atoms with van der Waals surface area (Å²) in [6, 6.07) is 6.40. The average Bonchev–Trinajstić information content (AvgIpc) is 3.51. The predicted molar refractivity (Wildman–Crippen MR) is 105 cm³/mol. The first-order valence-corrected chi connectivity index (χ1v) is 10.5. The number of amides is 1. The van der Waals surface area contributed by atoms with E-state index in [4.69, 9.17) is 10.5 Å². The molecular weight excluding hydrogens is 390 g/mol. The maximum atomic E-state index is 12.7. The van der Waals surface area contributed by atoms with Crippen molar-refractivity contribution in [3.8, 4) is 5.75 Å². The van der Waals surface area contributed by atoms with Gasteiger partial charge in [0.05, 0.1) is 12.0 Å². The first kappa shape index (κ1) is 21.9. The molecule has 0 spiro atoms. The summed E-state index contributed by atoms with van der Waals surface area (Å²) in [7, 11) is -2.00. The van der Waals surface area contributed by atoms with Gasteiger partial charge in [-0.25, -0.2) is 8.42 Å². The van der Waals surface area contributed by atoms with Crippen LogP contribution < -0.4 is 15.8 Å². The lowest BCUT2D eigenvalue weighted by molar-refractivity contribution is -0.126. The van der Waals surface area contributed by atoms with Crippen molar-refractivity contribution in [2.24, 2.45) is 17.6 Å². The van der Waals surface area contributed by atoms with Crippen molar-refractivity contribution in [3.05, 3.63) is 24.3 Å². The van der Waals surface area contributed by atoms with Gasteiger partial charge in [0.1, 0.15) is 5.75 Å². The molecule has 1 saturated heterocycles. The molecule has 1 saturated carbocycles. The third-order valence-electron chi connectivity index (χ3n) is 5.26. The van der Waals surface area contributed by atoms with Crippen molar-refractivity contribution in [1.82, 2.24) is 9.62 Å². The Morgan fingerprint density at radius 1 is 1.22 bits per heavy atom. The zero-order valence-corrected chi connectivity index (χ0v) is 17.1. The van der Waals surface area contributed by atoms with Gasteiger partial charge in [-0.1, -0.05) is 0 Å². The lowest BCUT2D eigenvalue weighted by Crippen LogP contribution is -2.45. The number of benzene rings is 1. The summed E-state index contributed by atoms with van der Waals surface area (Å²) in [6.07, 6.45) is 3.36. The number of sulfonamides is 1. The monoisotopic (exact) mass is 417 g/mol. The van der Waals surface area contributed by atoms with Crippen LogP contribution in [0.25, 0.3) is 0 Å². The number of rotatable bonds is 7. The Morgan fingerprint density at radius 2 is 1.81 bits per heavy atom. The van der Waals surface area contributed by atoms with E-state index in [1.54, 1.807) is 24.3 Å². The molecule has 3 rings (SSSR count). The SMILES string of the molecule is COc1ccc(S(=O)(=O)N2CCC(C(=O)NCC(N)C3CC3)CC2)cc1.Cl. The summed E-state index contributed by atoms with van der Waals surface area (Å²) in [6.45, 7) is 1.20. The van der Waals surface area contributed by atoms with Crippen LogP contribution in [0, 0.1) is 11.8 Å². The van der Waals surface area contributed by atoms with Crippen molar-refractivity contribution >= 4 is 28.3 Å². The van der Waals surface area contributed by atoms with Crippen LogP contribution in [0.1, 0.15) is 25.7 Å². The number of carbonyl (C=O) groups is 1. The summed E-state index contributed by atoms with van der Waals surface area (Å²) in [5.41, 5.74) is 6.01. The van der Waals surface area contributed by atoms with Crippen LogP contribution >= 0.6 is 12.4 Å². The fourth-order valence-corrected chi connectivity index (χ4v) is 4.78. The van der Waals surface area contributed by atoms with Crippen LogP contribution in [0.2, 0.25) is 0 Å². The predicted octanol–water partition coefficient (Wildman–Crippen LogP) is 1.37. The molecule has 3 N–H and O–H groups in total. The van der Waals surface area contributed by atoms with Gasteiger partial charge in [0.25, 0.3) is 0 Å². The number of carbonyl (C=O) groups excluding carboxylic acids is 1. The maximum Gasteiger partial charge on any atom is 0.243 e. The minimum Gasteiger partial charge on any atom is -0.497 e. The van der Waals surface area contributed by atoms with Gasteiger partial charge in [-0.05, 0) is 55.9 Å². The molecule has 9 heteroatoms. The van der Waals surface area contributed by atoms with Gasteiger partial charge < -0.3 is 15.8 Å². The number of nitrogens with one attached hydrogen (secondary N) is 1. The Hall–Kier alpha value is -1.35. The summed E-state index contributed by atoms with van der Waals surface area (Å²) < 4.78 is 32.0. The number of piperidine rings is 1. The smallest absolute Gasteiger partial charge is 0.243 e. The molecule has 1 aliphatic carbocycles. The molecule has 7 nitrogen and oxygen atoms in total. The number of nitrogens with zero attached hydrogens (tertiary/aromatic N) is 1. The number of hydrogen-bond acceptors (Lipinski definition) is 5. The van der Waals surface area contributed by atoms with Crippen molar-refractivity contribution in [2.45, 2.75) is 36.6 Å². The molecule has 0 bridgehead atoms. The molecule has 0 radical (unpaired) electrons. The topological polar surface area (TPSA) is 102 Å². The van der Waals surface area contributed by atoms with Crippen LogP contribution in [0.15, 0.2) is 29.2 Å². The zero-order chi connectivity index (χ0) is 18.7. The Kier molecular flexibility index (Phi) is 7.50. The second-order valence-corrected chi connectivity index (χ2v) is 9.04. The molecule has 1 heterocycles. The highest BCUT2D eigenvalue weighted by molar-refractivity contribution is 7.89. The van der Waals surface area contributed by atoms with E-state index in [0.29, 0.717) is 44.1 Å². The molecule has 2 aliphatic rings. The quantitative estimate of drug-likeness (QED) is 0.697. The van der Waals surface area contributed by atoms with Gasteiger partial charge in [-0.3, -0.25) is 4.79 Å². The van der Waals surface area contributed by atoms with Gasteiger partial charge in [-0.15, -0.1) is 12.4 Å². The minimum absolute atomic E-state index is 0. The molecule has 1 aromatic rings. The van der Waals surface area contributed by atoms with Crippen LogP contribution in [-0.2, 0) is 14.8 Å². The lowest BCUT2D eigenvalue weighted by Gasteiger charge is -2.30. The molecule has 1 unspecified atom stereocenters. The molecule has 1 amide bonds. The van der Waals surface area contributed by atoms with E-state index < -0.39 is 10.0 Å². The molecule has 1 atom stereocenters. The number of methoxy groups -OCH3 is 1. The summed E-state index contributed by atoms with van der Waals surface area (Å²) >= 11 is 0. The molecule has 1 aromatic carbocycles. The highest BCUT2D eigenvalue weighted by Gasteiger charge is 2.33. The second-order valence-electron chi connectivity index (χ2n) is 7.10. The Morgan fingerprint density at radius 3 is 2.33 bits per heavy atom. The van der Waals surface area contributed by atoms with Gasteiger partial charge in [0, 0.05) is 31.6 Å². The first-order chi connectivity index (χ1) is 12.4. The molecule has 1 aliphatic heterocycles. The van der Waals surface area contributed by atoms with Crippen LogP contribution in [0.3, 0.4) is 0 Å². The molecule has 27 heavy (non-hydrogen) atoms. The molecule has 152 valence electrons. The standard InChI is InChI=1S/C18H27N3O4S.ClH/c1-25-15-4-6-16(7-5-15)26(23,24)21-10-8-14(9-11-21)18(22)20-12-17(19)13-2-3-13;/h4-7,13-14,17H,2-3,8-12,19H2,1H3,(H,20,22);1H. The van der Waals surface area contributed by atoms with E-state index >= 15 is 0 Å². The van der Waals surface area contributed by atoms with Gasteiger partial charge >= 0.3 is 0 Å². The van der Waals surface area contributed by atoms with E-state index in [-0.39, 0.29) is 35.2 Å². The van der Waals surface area contributed by atoms with E-state index in [1.807, 2.05) is 0 Å². The molecule has 2 fully saturated rings. The summed E-state index contributed by atoms with van der Waals surface area (Å²) in [4.78, 5) is 12.5. The van der Waals surface area contributed by atoms with Crippen molar-refractivity contribution in [1.29, 1.82) is 0 Å². The Bertz CT molecular complexity index is 729. The zero-order valence-electron chi connectivity index (χ0n) is 15.5. The van der Waals surface area contributed by atoms with E-state index in [9.17, 15) is 13.2 Å². The average molecular weight is 418 g/mol. The minimum atomic E-state index is -3.54. The van der Waals surface area contributed by atoms with E-state index in [1.165, 1.54) is 11.4 Å². The molecular formula is C18H28ClN3O4S. The second kappa shape index (κ2) is 9.23.